The van der Waals surface area contributed by atoms with E-state index in [1.165, 1.54) is 17.6 Å². The normalized spacial score (nSPS) is 19.4. The molecule has 3 heterocycles. The Bertz CT molecular complexity index is 1380. The molecular formula is C30H31F3N4O. The molecule has 0 saturated heterocycles. The third kappa shape index (κ3) is 5.70. The Morgan fingerprint density at radius 3 is 2.50 bits per heavy atom. The Kier molecular flexibility index (Phi) is 7.42. The molecule has 4 aromatic rings. The number of nitrogens with one attached hydrogen (secondary N) is 1. The molecule has 38 heavy (non-hydrogen) atoms. The Labute approximate surface area is 219 Å². The van der Waals surface area contributed by atoms with E-state index < -0.39 is 11.9 Å². The van der Waals surface area contributed by atoms with Crippen LogP contribution < -0.4 is 10.6 Å². The smallest absolute Gasteiger partial charge is 0.391 e. The number of rotatable bonds is 3. The second-order valence-corrected chi connectivity index (χ2v) is 9.86. The van der Waals surface area contributed by atoms with E-state index in [1.807, 2.05) is 48.5 Å². The van der Waals surface area contributed by atoms with Gasteiger partial charge in [0.15, 0.2) is 0 Å². The number of nitrogens with two attached hydrogens (primary N) is 1. The van der Waals surface area contributed by atoms with E-state index in [4.69, 9.17) is 5.73 Å². The second kappa shape index (κ2) is 10.9. The van der Waals surface area contributed by atoms with Crippen LogP contribution in [0.1, 0.15) is 42.5 Å². The predicted octanol–water partition coefficient (Wildman–Crippen LogP) is 6.60. The fourth-order valence-electron chi connectivity index (χ4n) is 5.36. The topological polar surface area (TPSA) is 78.2 Å². The molecule has 4 N–H and O–H groups in total. The highest BCUT2D eigenvalue weighted by Crippen LogP contribution is 2.37. The number of benzene rings is 2. The molecule has 5 nitrogen and oxygen atoms in total. The number of fused-ring (bicyclic) bond motifs is 2. The summed E-state index contributed by atoms with van der Waals surface area (Å²) in [5.74, 6) is 0.723. The van der Waals surface area contributed by atoms with Crippen molar-refractivity contribution in [3.63, 3.8) is 0 Å². The van der Waals surface area contributed by atoms with Crippen molar-refractivity contribution in [2.75, 3.05) is 17.2 Å². The van der Waals surface area contributed by atoms with E-state index in [0.717, 1.165) is 65.5 Å². The van der Waals surface area contributed by atoms with Crippen LogP contribution in [0.25, 0.3) is 16.5 Å². The van der Waals surface area contributed by atoms with Gasteiger partial charge < -0.3 is 20.7 Å². The summed E-state index contributed by atoms with van der Waals surface area (Å²) in [6, 6.07) is 20.7. The summed E-state index contributed by atoms with van der Waals surface area (Å²) >= 11 is 0. The monoisotopic (exact) mass is 520 g/mol. The Balaban J connectivity index is 0.000000244. The van der Waals surface area contributed by atoms with Crippen LogP contribution in [0.5, 0.6) is 0 Å². The molecule has 198 valence electrons. The van der Waals surface area contributed by atoms with Gasteiger partial charge >= 0.3 is 6.18 Å². The van der Waals surface area contributed by atoms with Gasteiger partial charge in [0.25, 0.3) is 0 Å². The first kappa shape index (κ1) is 25.9. The molecule has 1 aliphatic heterocycles. The molecule has 0 unspecified atom stereocenters. The number of aromatic nitrogens is 2. The third-order valence-electron chi connectivity index (χ3n) is 7.25. The zero-order valence-electron chi connectivity index (χ0n) is 21.0. The average molecular weight is 521 g/mol. The molecule has 0 amide bonds. The van der Waals surface area contributed by atoms with Gasteiger partial charge in [0.2, 0.25) is 0 Å². The van der Waals surface area contributed by atoms with E-state index in [1.54, 1.807) is 0 Å². The molecule has 2 aliphatic rings. The van der Waals surface area contributed by atoms with Gasteiger partial charge in [-0.3, -0.25) is 4.98 Å². The van der Waals surface area contributed by atoms with Crippen LogP contribution in [-0.2, 0) is 12.6 Å². The van der Waals surface area contributed by atoms with Crippen LogP contribution in [0.3, 0.4) is 0 Å². The number of allylic oxidation sites excluding steroid dienone is 1. The van der Waals surface area contributed by atoms with Crippen molar-refractivity contribution in [1.29, 1.82) is 0 Å². The number of halogens is 3. The lowest BCUT2D eigenvalue weighted by molar-refractivity contribution is -0.141. The minimum absolute atomic E-state index is 0.112. The van der Waals surface area contributed by atoms with Gasteiger partial charge in [0.1, 0.15) is 11.5 Å². The van der Waals surface area contributed by atoms with Crippen molar-refractivity contribution in [1.82, 2.24) is 9.97 Å². The molecule has 0 bridgehead atoms. The summed E-state index contributed by atoms with van der Waals surface area (Å²) in [5, 5.41) is 11.6. The Hall–Kier alpha value is -3.78. The molecule has 0 radical (unpaired) electrons. The van der Waals surface area contributed by atoms with E-state index in [2.05, 4.69) is 27.0 Å². The number of alkyl halides is 3. The predicted molar refractivity (Wildman–Crippen MR) is 146 cm³/mol. The maximum atomic E-state index is 12.7. The van der Waals surface area contributed by atoms with Gasteiger partial charge in [-0.2, -0.15) is 13.2 Å². The van der Waals surface area contributed by atoms with Crippen molar-refractivity contribution < 1.29 is 18.3 Å². The van der Waals surface area contributed by atoms with E-state index in [0.29, 0.717) is 13.0 Å². The van der Waals surface area contributed by atoms with Crippen LogP contribution >= 0.6 is 0 Å². The minimum atomic E-state index is -4.42. The van der Waals surface area contributed by atoms with Gasteiger partial charge in [0.05, 0.1) is 12.1 Å². The number of H-pyrrole nitrogens is 1. The van der Waals surface area contributed by atoms with Gasteiger partial charge in [-0.25, -0.2) is 0 Å². The van der Waals surface area contributed by atoms with Crippen LogP contribution in [-0.4, -0.2) is 33.8 Å². The van der Waals surface area contributed by atoms with Crippen molar-refractivity contribution in [2.24, 2.45) is 0 Å². The Morgan fingerprint density at radius 1 is 1.00 bits per heavy atom. The first-order valence-corrected chi connectivity index (χ1v) is 12.9. The number of aromatic amines is 1. The molecule has 2 aromatic carbocycles. The van der Waals surface area contributed by atoms with Crippen LogP contribution in [0.4, 0.5) is 24.7 Å². The fourth-order valence-corrected chi connectivity index (χ4v) is 5.36. The summed E-state index contributed by atoms with van der Waals surface area (Å²) in [6.07, 6.45) is 3.21. The molecule has 2 aromatic heterocycles. The molecule has 1 saturated carbocycles. The number of nitrogen functional groups attached to an aromatic ring is 1. The highest BCUT2D eigenvalue weighted by atomic mass is 19.4. The molecule has 0 spiro atoms. The summed E-state index contributed by atoms with van der Waals surface area (Å²) < 4.78 is 38.2. The standard InChI is InChI=1S/C22H23F3N2O.C8H8N2/c23-22(24,25)21-10-9-15(14-26-21)13-16-11-12-27(18-6-2-1-5-17(16)18)19-7-3-4-8-20(19)28;9-8-5-6-3-1-2-4-7(6)10-8/h1-2,5-6,9-11,14,19-20,28H,3-4,7-8,12-13H2;1-5,10H,9H2/t19-,20-;/m0./s1. The molecule has 8 heteroatoms. The molecule has 2 atom stereocenters. The number of hydrogen-bond donors (Lipinski definition) is 3. The molecular weight excluding hydrogens is 489 g/mol. The van der Waals surface area contributed by atoms with Crippen LogP contribution in [0.2, 0.25) is 0 Å². The summed E-state index contributed by atoms with van der Waals surface area (Å²) in [6.45, 7) is 0.697. The quantitative estimate of drug-likeness (QED) is 0.284. The van der Waals surface area contributed by atoms with Gasteiger partial charge in [-0.15, -0.1) is 0 Å². The van der Waals surface area contributed by atoms with Crippen molar-refractivity contribution >= 4 is 28.0 Å². The lowest BCUT2D eigenvalue weighted by Gasteiger charge is -2.41. The maximum Gasteiger partial charge on any atom is 0.433 e. The Morgan fingerprint density at radius 2 is 1.76 bits per heavy atom. The molecule has 1 aliphatic carbocycles. The fraction of sp³-hybridized carbons (Fsp3) is 0.300. The summed E-state index contributed by atoms with van der Waals surface area (Å²) in [7, 11) is 0. The van der Waals surface area contributed by atoms with Crippen LogP contribution in [0.15, 0.2) is 79.0 Å². The van der Waals surface area contributed by atoms with Gasteiger partial charge in [0, 0.05) is 34.9 Å². The lowest BCUT2D eigenvalue weighted by atomic mass is 9.88. The van der Waals surface area contributed by atoms with Crippen molar-refractivity contribution in [3.05, 3.63) is 95.8 Å². The highest BCUT2D eigenvalue weighted by Gasteiger charge is 2.33. The number of aliphatic hydroxyl groups excluding tert-OH is 1. The average Bonchev–Trinajstić information content (AvgIpc) is 3.30. The van der Waals surface area contributed by atoms with Gasteiger partial charge in [-0.05, 0) is 54.7 Å². The largest absolute Gasteiger partial charge is 0.433 e. The SMILES string of the molecule is Nc1cc2ccccc2[nH]1.O[C@H]1CCCC[C@@H]1N1CC=C(Cc2ccc(C(F)(F)F)nc2)c2ccccc21. The number of anilines is 2. The molecule has 6 rings (SSSR count). The number of nitrogens with zero attached hydrogens (tertiary/aromatic N) is 2. The van der Waals surface area contributed by atoms with E-state index in [9.17, 15) is 18.3 Å². The second-order valence-electron chi connectivity index (χ2n) is 9.86. The number of aliphatic hydroxyl groups is 1. The maximum absolute atomic E-state index is 12.7. The van der Waals surface area contributed by atoms with Gasteiger partial charge in [-0.1, -0.05) is 61.4 Å². The first-order chi connectivity index (χ1) is 18.3. The summed E-state index contributed by atoms with van der Waals surface area (Å²) in [4.78, 5) is 8.88. The van der Waals surface area contributed by atoms with Crippen molar-refractivity contribution in [2.45, 2.75) is 50.4 Å². The lowest BCUT2D eigenvalue weighted by Crippen LogP contribution is -2.47. The first-order valence-electron chi connectivity index (χ1n) is 12.9. The zero-order valence-corrected chi connectivity index (χ0v) is 21.0. The number of pyridine rings is 1. The zero-order chi connectivity index (χ0) is 26.7. The van der Waals surface area contributed by atoms with Crippen LogP contribution in [0, 0.1) is 0 Å². The number of para-hydroxylation sites is 2. The van der Waals surface area contributed by atoms with Crippen molar-refractivity contribution in [3.8, 4) is 0 Å². The van der Waals surface area contributed by atoms with E-state index >= 15 is 0 Å². The minimum Gasteiger partial charge on any atom is -0.391 e. The molecule has 1 fully saturated rings. The summed E-state index contributed by atoms with van der Waals surface area (Å²) in [5.41, 5.74) is 9.76. The third-order valence-corrected chi connectivity index (χ3v) is 7.25. The van der Waals surface area contributed by atoms with E-state index in [-0.39, 0.29) is 12.1 Å². The number of hydrogen-bond acceptors (Lipinski definition) is 4. The highest BCUT2D eigenvalue weighted by molar-refractivity contribution is 5.83.